The number of allylic oxidation sites excluding steroid dienone is 1. The molecule has 22 heavy (non-hydrogen) atoms. The van der Waals surface area contributed by atoms with Gasteiger partial charge in [-0.05, 0) is 50.2 Å². The molecule has 2 aliphatic carbocycles. The highest BCUT2D eigenvalue weighted by Crippen LogP contribution is 2.48. The Morgan fingerprint density at radius 3 is 2.55 bits per heavy atom. The fraction of sp³-hybridized carbons (Fsp3) is 0.556. The monoisotopic (exact) mass is 299 g/mol. The second kappa shape index (κ2) is 4.58. The average molecular weight is 299 g/mol. The standard InChI is InChI=1S/C18H21NO3/c1-11(20)15-16(21)14-9-13(12-5-6-12)10-19(14)18(17(15)22)7-3-2-4-8-18/h9-10,12,21H,2-8H2,1H3. The molecule has 1 N–H and O–H groups in total. The van der Waals surface area contributed by atoms with E-state index >= 15 is 0 Å². The molecule has 0 aromatic carbocycles. The van der Waals surface area contributed by atoms with Gasteiger partial charge in [0.1, 0.15) is 11.1 Å². The van der Waals surface area contributed by atoms with Crippen molar-refractivity contribution < 1.29 is 14.7 Å². The van der Waals surface area contributed by atoms with E-state index in [1.54, 1.807) is 0 Å². The minimum absolute atomic E-state index is 0.00912. The van der Waals surface area contributed by atoms with Crippen LogP contribution >= 0.6 is 0 Å². The first-order valence-electron chi connectivity index (χ1n) is 8.27. The maximum Gasteiger partial charge on any atom is 0.196 e. The number of Topliss-reactive ketones (excluding diaryl/α,β-unsaturated/α-hetero) is 2. The molecule has 4 rings (SSSR count). The van der Waals surface area contributed by atoms with Crippen LogP contribution in [0.3, 0.4) is 0 Å². The van der Waals surface area contributed by atoms with Gasteiger partial charge in [-0.3, -0.25) is 9.59 Å². The van der Waals surface area contributed by atoms with Crippen LogP contribution in [0.4, 0.5) is 0 Å². The van der Waals surface area contributed by atoms with E-state index in [2.05, 4.69) is 6.20 Å². The second-order valence-electron chi connectivity index (χ2n) is 7.00. The van der Waals surface area contributed by atoms with Crippen LogP contribution in [0.25, 0.3) is 5.76 Å². The lowest BCUT2D eigenvalue weighted by atomic mass is 9.73. The lowest BCUT2D eigenvalue weighted by Gasteiger charge is -2.41. The number of carbonyl (C=O) groups excluding carboxylic acids is 2. The number of aliphatic hydroxyl groups is 1. The third-order valence-electron chi connectivity index (χ3n) is 5.51. The van der Waals surface area contributed by atoms with Crippen molar-refractivity contribution in [1.29, 1.82) is 0 Å². The summed E-state index contributed by atoms with van der Waals surface area (Å²) in [5.74, 6) is -0.0708. The molecule has 116 valence electrons. The number of hydrogen-bond acceptors (Lipinski definition) is 3. The number of fused-ring (bicyclic) bond motifs is 2. The highest BCUT2D eigenvalue weighted by molar-refractivity contribution is 6.26. The molecule has 0 atom stereocenters. The van der Waals surface area contributed by atoms with Crippen LogP contribution in [0.5, 0.6) is 0 Å². The Bertz CT molecular complexity index is 700. The molecular weight excluding hydrogens is 278 g/mol. The number of ketones is 2. The predicted molar refractivity (Wildman–Crippen MR) is 82.7 cm³/mol. The highest BCUT2D eigenvalue weighted by atomic mass is 16.3. The zero-order valence-corrected chi connectivity index (χ0v) is 12.9. The summed E-state index contributed by atoms with van der Waals surface area (Å²) in [5.41, 5.74) is 1.22. The van der Waals surface area contributed by atoms with Crippen molar-refractivity contribution in [2.45, 2.75) is 63.3 Å². The summed E-state index contributed by atoms with van der Waals surface area (Å²) >= 11 is 0. The molecule has 1 aromatic heterocycles. The largest absolute Gasteiger partial charge is 0.505 e. The Kier molecular flexibility index (Phi) is 2.87. The van der Waals surface area contributed by atoms with Crippen molar-refractivity contribution in [2.75, 3.05) is 0 Å². The molecule has 2 fully saturated rings. The third-order valence-corrected chi connectivity index (χ3v) is 5.51. The van der Waals surface area contributed by atoms with Gasteiger partial charge < -0.3 is 9.67 Å². The van der Waals surface area contributed by atoms with E-state index < -0.39 is 5.54 Å². The SMILES string of the molecule is CC(=O)C1=C(O)c2cc(C3CC3)cn2C2(CCCCC2)C1=O. The predicted octanol–water partition coefficient (Wildman–Crippen LogP) is 3.47. The van der Waals surface area contributed by atoms with Gasteiger partial charge in [0.05, 0.1) is 5.69 Å². The zero-order valence-electron chi connectivity index (χ0n) is 12.9. The van der Waals surface area contributed by atoms with Crippen LogP contribution in [0.15, 0.2) is 17.8 Å². The maximum atomic E-state index is 13.1. The summed E-state index contributed by atoms with van der Waals surface area (Å²) in [6.07, 6.45) is 9.06. The number of rotatable bonds is 2. The fourth-order valence-electron chi connectivity index (χ4n) is 4.17. The van der Waals surface area contributed by atoms with Gasteiger partial charge in [0.25, 0.3) is 0 Å². The van der Waals surface area contributed by atoms with Crippen LogP contribution in [0, 0.1) is 0 Å². The lowest BCUT2D eigenvalue weighted by Crippen LogP contribution is -2.48. The van der Waals surface area contributed by atoms with Crippen LogP contribution in [-0.2, 0) is 15.1 Å². The minimum atomic E-state index is -0.645. The summed E-state index contributed by atoms with van der Waals surface area (Å²) in [5, 5.41) is 10.5. The normalized spacial score (nSPS) is 23.8. The van der Waals surface area contributed by atoms with Crippen molar-refractivity contribution in [3.05, 3.63) is 29.1 Å². The second-order valence-corrected chi connectivity index (χ2v) is 7.00. The van der Waals surface area contributed by atoms with Crippen molar-refractivity contribution in [3.8, 4) is 0 Å². The van der Waals surface area contributed by atoms with Gasteiger partial charge in [0.15, 0.2) is 17.3 Å². The smallest absolute Gasteiger partial charge is 0.196 e. The molecule has 4 nitrogen and oxygen atoms in total. The van der Waals surface area contributed by atoms with E-state index in [0.717, 1.165) is 32.1 Å². The average Bonchev–Trinajstić information content (AvgIpc) is 3.25. The van der Waals surface area contributed by atoms with E-state index in [-0.39, 0.29) is 22.9 Å². The molecule has 2 heterocycles. The van der Waals surface area contributed by atoms with E-state index in [1.165, 1.54) is 25.3 Å². The van der Waals surface area contributed by atoms with Crippen LogP contribution in [-0.4, -0.2) is 21.2 Å². The Labute approximate surface area is 129 Å². The zero-order chi connectivity index (χ0) is 15.5. The molecule has 0 unspecified atom stereocenters. The number of aromatic nitrogens is 1. The van der Waals surface area contributed by atoms with E-state index in [9.17, 15) is 14.7 Å². The van der Waals surface area contributed by atoms with Crippen LogP contribution < -0.4 is 0 Å². The van der Waals surface area contributed by atoms with E-state index in [0.29, 0.717) is 11.6 Å². The molecule has 4 heteroatoms. The minimum Gasteiger partial charge on any atom is -0.505 e. The summed E-state index contributed by atoms with van der Waals surface area (Å²) < 4.78 is 1.99. The molecule has 0 saturated heterocycles. The number of nitrogens with zero attached hydrogens (tertiary/aromatic N) is 1. The number of hydrogen-bond donors (Lipinski definition) is 1. The molecule has 0 bridgehead atoms. The molecule has 3 aliphatic rings. The quantitative estimate of drug-likeness (QED) is 0.851. The van der Waals surface area contributed by atoms with Crippen molar-refractivity contribution in [3.63, 3.8) is 0 Å². The van der Waals surface area contributed by atoms with Gasteiger partial charge in [0.2, 0.25) is 0 Å². The topological polar surface area (TPSA) is 59.3 Å². The Morgan fingerprint density at radius 2 is 1.95 bits per heavy atom. The molecule has 0 amide bonds. The third kappa shape index (κ3) is 1.76. The van der Waals surface area contributed by atoms with E-state index in [1.807, 2.05) is 10.6 Å². The van der Waals surface area contributed by atoms with Gasteiger partial charge in [-0.15, -0.1) is 0 Å². The first-order chi connectivity index (χ1) is 10.5. The lowest BCUT2D eigenvalue weighted by molar-refractivity contribution is -0.128. The van der Waals surface area contributed by atoms with Crippen molar-refractivity contribution >= 4 is 17.3 Å². The molecule has 1 aromatic rings. The Morgan fingerprint density at radius 1 is 1.27 bits per heavy atom. The molecule has 2 saturated carbocycles. The first kappa shape index (κ1) is 13.8. The van der Waals surface area contributed by atoms with Gasteiger partial charge in [-0.25, -0.2) is 0 Å². The summed E-state index contributed by atoms with van der Waals surface area (Å²) in [6.45, 7) is 1.38. The molecule has 1 aliphatic heterocycles. The van der Waals surface area contributed by atoms with Gasteiger partial charge in [-0.1, -0.05) is 19.3 Å². The van der Waals surface area contributed by atoms with Crippen LogP contribution in [0.2, 0.25) is 0 Å². The molecule has 1 spiro atoms. The van der Waals surface area contributed by atoms with E-state index in [4.69, 9.17) is 0 Å². The van der Waals surface area contributed by atoms with Gasteiger partial charge in [-0.2, -0.15) is 0 Å². The summed E-state index contributed by atoms with van der Waals surface area (Å²) in [6, 6.07) is 1.98. The number of aliphatic hydroxyl groups excluding tert-OH is 1. The Balaban J connectivity index is 1.94. The summed E-state index contributed by atoms with van der Waals surface area (Å²) in [4.78, 5) is 25.0. The first-order valence-corrected chi connectivity index (χ1v) is 8.27. The maximum absolute atomic E-state index is 13.1. The highest BCUT2D eigenvalue weighted by Gasteiger charge is 2.49. The summed E-state index contributed by atoms with van der Waals surface area (Å²) in [7, 11) is 0. The van der Waals surface area contributed by atoms with Crippen molar-refractivity contribution in [2.24, 2.45) is 0 Å². The molecular formula is C18H21NO3. The molecule has 0 radical (unpaired) electrons. The fourth-order valence-corrected chi connectivity index (χ4v) is 4.17. The van der Waals surface area contributed by atoms with Crippen molar-refractivity contribution in [1.82, 2.24) is 4.57 Å². The van der Waals surface area contributed by atoms with Crippen LogP contribution in [0.1, 0.15) is 69.0 Å². The van der Waals surface area contributed by atoms with Gasteiger partial charge in [0, 0.05) is 6.20 Å². The number of carbonyl (C=O) groups is 2. The Hall–Kier alpha value is -1.84. The van der Waals surface area contributed by atoms with Gasteiger partial charge >= 0.3 is 0 Å².